The first kappa shape index (κ1) is 56.0. The van der Waals surface area contributed by atoms with Crippen LogP contribution in [0.2, 0.25) is 0 Å². The van der Waals surface area contributed by atoms with Gasteiger partial charge in [0.2, 0.25) is 0 Å². The molecule has 0 spiro atoms. The monoisotopic (exact) mass is 828 g/mol. The van der Waals surface area contributed by atoms with E-state index < -0.39 is 13.9 Å². The Morgan fingerprint density at radius 3 is 1.42 bits per heavy atom. The van der Waals surface area contributed by atoms with Crippen molar-refractivity contribution in [2.24, 2.45) is 0 Å². The lowest BCUT2D eigenvalue weighted by atomic mass is 10.0. The summed E-state index contributed by atoms with van der Waals surface area (Å²) in [5.74, 6) is -0.333. The number of phosphoric ester groups is 1. The summed E-state index contributed by atoms with van der Waals surface area (Å²) in [5, 5.41) is 0. The number of nitrogens with zero attached hydrogens (tertiary/aromatic N) is 1. The molecule has 0 fully saturated rings. The zero-order valence-electron chi connectivity index (χ0n) is 38.3. The van der Waals surface area contributed by atoms with Crippen molar-refractivity contribution in [3.63, 3.8) is 0 Å². The highest BCUT2D eigenvalue weighted by atomic mass is 31.2. The number of esters is 1. The summed E-state index contributed by atoms with van der Waals surface area (Å²) in [6.45, 7) is 5.42. The fraction of sp³-hybridized carbons (Fsp3) is 0.896. The zero-order chi connectivity index (χ0) is 42.0. The van der Waals surface area contributed by atoms with E-state index in [1.807, 2.05) is 21.1 Å². The van der Waals surface area contributed by atoms with Crippen LogP contribution in [0, 0.1) is 0 Å². The first-order chi connectivity index (χ1) is 27.6. The molecule has 2 unspecified atom stereocenters. The molecule has 0 aliphatic rings. The summed E-state index contributed by atoms with van der Waals surface area (Å²) in [4.78, 5) is 25.1. The molecule has 2 atom stereocenters. The van der Waals surface area contributed by atoms with Crippen molar-refractivity contribution in [2.75, 3.05) is 54.1 Å². The van der Waals surface area contributed by atoms with E-state index in [4.69, 9.17) is 18.5 Å². The van der Waals surface area contributed by atoms with Crippen LogP contribution in [-0.4, -0.2) is 70.7 Å². The van der Waals surface area contributed by atoms with Crippen molar-refractivity contribution in [3.8, 4) is 0 Å². The Kier molecular flexibility index (Phi) is 41.0. The number of phosphoric acid groups is 1. The molecule has 0 saturated carbocycles. The molecule has 0 amide bonds. The van der Waals surface area contributed by atoms with Crippen LogP contribution in [0.5, 0.6) is 0 Å². The van der Waals surface area contributed by atoms with Crippen molar-refractivity contribution >= 4 is 13.8 Å². The van der Waals surface area contributed by atoms with Crippen molar-refractivity contribution in [1.29, 1.82) is 0 Å². The molecule has 0 saturated heterocycles. The summed E-state index contributed by atoms with van der Waals surface area (Å²) in [6.07, 6.45) is 47.7. The lowest BCUT2D eigenvalue weighted by molar-refractivity contribution is -0.870. The molecule has 0 aromatic carbocycles. The number of rotatable bonds is 45. The number of carbonyl (C=O) groups is 1. The van der Waals surface area contributed by atoms with Gasteiger partial charge in [-0.05, 0) is 44.9 Å². The quantitative estimate of drug-likeness (QED) is 0.0198. The molecule has 0 aliphatic heterocycles. The summed E-state index contributed by atoms with van der Waals surface area (Å²) in [6, 6.07) is 0. The molecule has 0 rings (SSSR count). The lowest BCUT2D eigenvalue weighted by Crippen LogP contribution is -2.37. The lowest BCUT2D eigenvalue weighted by Gasteiger charge is -2.28. The number of allylic oxidation sites excluding steroid dienone is 4. The zero-order valence-corrected chi connectivity index (χ0v) is 39.2. The fourth-order valence-corrected chi connectivity index (χ4v) is 7.48. The third kappa shape index (κ3) is 45.9. The van der Waals surface area contributed by atoms with E-state index in [9.17, 15) is 14.3 Å². The van der Waals surface area contributed by atoms with E-state index in [0.717, 1.165) is 38.5 Å². The van der Waals surface area contributed by atoms with Crippen LogP contribution in [0.4, 0.5) is 0 Å². The van der Waals surface area contributed by atoms with E-state index >= 15 is 0 Å². The molecule has 0 aliphatic carbocycles. The highest BCUT2D eigenvalue weighted by Crippen LogP contribution is 2.38. The standard InChI is InChI=1S/C48H94NO7P/c1-6-8-10-12-14-16-18-19-20-21-22-23-24-25-26-27-28-29-30-31-32-33-35-37-39-41-48(50)56-47(46-55-57(51,52)54-44-42-49(3,4)5)45-53-43-40-38-36-34-17-15-13-11-9-7-2/h18-19,21-22,47H,6-17,20,23-46H2,1-5H3/b19-18-,22-21-. The number of hydrogen-bond donors (Lipinski definition) is 0. The molecule has 8 nitrogen and oxygen atoms in total. The normalized spacial score (nSPS) is 13.9. The van der Waals surface area contributed by atoms with Crippen LogP contribution in [0.15, 0.2) is 24.3 Å². The van der Waals surface area contributed by atoms with Gasteiger partial charge in [0.25, 0.3) is 7.82 Å². The molecule has 0 radical (unpaired) electrons. The number of quaternary nitrogens is 1. The van der Waals surface area contributed by atoms with E-state index in [-0.39, 0.29) is 25.8 Å². The number of carbonyl (C=O) groups excluding carboxylic acids is 1. The minimum atomic E-state index is -4.52. The number of unbranched alkanes of at least 4 members (excludes halogenated alkanes) is 27. The van der Waals surface area contributed by atoms with Gasteiger partial charge in [0.05, 0.1) is 34.4 Å². The predicted molar refractivity (Wildman–Crippen MR) is 240 cm³/mol. The van der Waals surface area contributed by atoms with E-state index in [1.165, 1.54) is 161 Å². The Hall–Kier alpha value is -1.02. The van der Waals surface area contributed by atoms with Gasteiger partial charge in [0.1, 0.15) is 19.3 Å². The van der Waals surface area contributed by atoms with Crippen LogP contribution in [0.25, 0.3) is 0 Å². The van der Waals surface area contributed by atoms with Gasteiger partial charge in [0, 0.05) is 13.0 Å². The molecule has 9 heteroatoms. The molecule has 0 N–H and O–H groups in total. The van der Waals surface area contributed by atoms with Gasteiger partial charge in [-0.2, -0.15) is 0 Å². The van der Waals surface area contributed by atoms with Crippen molar-refractivity contribution in [1.82, 2.24) is 0 Å². The average molecular weight is 828 g/mol. The first-order valence-corrected chi connectivity index (χ1v) is 25.5. The summed E-state index contributed by atoms with van der Waals surface area (Å²) >= 11 is 0. The van der Waals surface area contributed by atoms with Crippen LogP contribution >= 0.6 is 7.82 Å². The molecule has 0 heterocycles. The number of ether oxygens (including phenoxy) is 2. The molecule has 338 valence electrons. The maximum atomic E-state index is 12.7. The fourth-order valence-electron chi connectivity index (χ4n) is 6.75. The van der Waals surface area contributed by atoms with E-state index in [1.54, 1.807) is 0 Å². The van der Waals surface area contributed by atoms with Crippen LogP contribution in [0.3, 0.4) is 0 Å². The Bertz CT molecular complexity index is 967. The highest BCUT2D eigenvalue weighted by Gasteiger charge is 2.20. The smallest absolute Gasteiger partial charge is 0.306 e. The van der Waals surface area contributed by atoms with Gasteiger partial charge in [-0.3, -0.25) is 9.36 Å². The third-order valence-corrected chi connectivity index (χ3v) is 11.5. The maximum Gasteiger partial charge on any atom is 0.306 e. The average Bonchev–Trinajstić information content (AvgIpc) is 3.16. The Morgan fingerprint density at radius 2 is 0.965 bits per heavy atom. The summed E-state index contributed by atoms with van der Waals surface area (Å²) < 4.78 is 34.6. The Morgan fingerprint density at radius 1 is 0.544 bits per heavy atom. The molecule has 57 heavy (non-hydrogen) atoms. The minimum absolute atomic E-state index is 0.0283. The highest BCUT2D eigenvalue weighted by molar-refractivity contribution is 7.45. The van der Waals surface area contributed by atoms with Crippen LogP contribution in [-0.2, 0) is 27.9 Å². The molecule has 0 bridgehead atoms. The number of likely N-dealkylation sites (N-methyl/N-ethyl adjacent to an activating group) is 1. The van der Waals surface area contributed by atoms with E-state index in [2.05, 4.69) is 38.2 Å². The van der Waals surface area contributed by atoms with E-state index in [0.29, 0.717) is 24.1 Å². The Labute approximate surface area is 353 Å². The molecule has 0 aromatic heterocycles. The SMILES string of the molecule is CCCCCCC/C=C\C/C=C\CCCCCCCCCCCCCCCC(=O)OC(COCCCCCCCCCCCC)COP(=O)([O-])OCC[N+](C)(C)C. The second kappa shape index (κ2) is 41.7. The largest absolute Gasteiger partial charge is 0.756 e. The molecule has 0 aromatic rings. The van der Waals surface area contributed by atoms with Crippen molar-refractivity contribution in [3.05, 3.63) is 24.3 Å². The van der Waals surface area contributed by atoms with Gasteiger partial charge in [-0.25, -0.2) is 0 Å². The third-order valence-electron chi connectivity index (χ3n) is 10.5. The predicted octanol–water partition coefficient (Wildman–Crippen LogP) is 13.8. The van der Waals surface area contributed by atoms with Gasteiger partial charge >= 0.3 is 5.97 Å². The first-order valence-electron chi connectivity index (χ1n) is 24.1. The summed E-state index contributed by atoms with van der Waals surface area (Å²) in [7, 11) is 1.36. The van der Waals surface area contributed by atoms with Crippen molar-refractivity contribution in [2.45, 2.75) is 225 Å². The molecular weight excluding hydrogens is 734 g/mol. The van der Waals surface area contributed by atoms with Gasteiger partial charge in [0.15, 0.2) is 0 Å². The van der Waals surface area contributed by atoms with Crippen molar-refractivity contribution < 1.29 is 37.3 Å². The van der Waals surface area contributed by atoms with Crippen LogP contribution < -0.4 is 4.89 Å². The maximum absolute atomic E-state index is 12.7. The second-order valence-corrected chi connectivity index (χ2v) is 18.9. The van der Waals surface area contributed by atoms with Gasteiger partial charge in [-0.15, -0.1) is 0 Å². The topological polar surface area (TPSA) is 94.1 Å². The molecular formula is C48H94NO7P. The van der Waals surface area contributed by atoms with Gasteiger partial charge < -0.3 is 27.9 Å². The number of hydrogen-bond acceptors (Lipinski definition) is 7. The second-order valence-electron chi connectivity index (χ2n) is 17.5. The minimum Gasteiger partial charge on any atom is -0.756 e. The van der Waals surface area contributed by atoms with Gasteiger partial charge in [-0.1, -0.05) is 192 Å². The summed E-state index contributed by atoms with van der Waals surface area (Å²) in [5.41, 5.74) is 0. The van der Waals surface area contributed by atoms with Crippen LogP contribution in [0.1, 0.15) is 219 Å². The Balaban J connectivity index is 4.03.